The summed E-state index contributed by atoms with van der Waals surface area (Å²) in [5.74, 6) is 1.44. The Balaban J connectivity index is 1.50. The van der Waals surface area contributed by atoms with Gasteiger partial charge in [0.15, 0.2) is 17.7 Å². The number of likely N-dealkylation sites (N-methyl/N-ethyl adjacent to an activating group) is 1. The molecule has 180 valence electrons. The molecular weight excluding hydrogens is 434 g/mol. The molecule has 0 aliphatic carbocycles. The van der Waals surface area contributed by atoms with Crippen molar-refractivity contribution in [2.24, 2.45) is 0 Å². The highest BCUT2D eigenvalue weighted by Gasteiger charge is 2.24. The Bertz CT molecular complexity index is 1130. The number of carbonyl (C=O) groups is 1. The molecule has 5 rings (SSSR count). The van der Waals surface area contributed by atoms with Crippen LogP contribution in [0.3, 0.4) is 0 Å². The first-order chi connectivity index (χ1) is 16.6. The number of carbonyl (C=O) groups excluding carboxylic acids is 1. The lowest BCUT2D eigenvalue weighted by Crippen LogP contribution is -2.37. The summed E-state index contributed by atoms with van der Waals surface area (Å²) in [6, 6.07) is 7.64. The minimum absolute atomic E-state index is 0.0543. The van der Waals surface area contributed by atoms with Crippen LogP contribution in [0.4, 0.5) is 11.5 Å². The maximum atomic E-state index is 12.1. The molecule has 1 atom stereocenters. The predicted octanol–water partition coefficient (Wildman–Crippen LogP) is 2.53. The van der Waals surface area contributed by atoms with Gasteiger partial charge in [0.2, 0.25) is 5.91 Å². The van der Waals surface area contributed by atoms with Crippen molar-refractivity contribution in [3.05, 3.63) is 30.5 Å². The van der Waals surface area contributed by atoms with Crippen LogP contribution in [-0.2, 0) is 14.3 Å². The van der Waals surface area contributed by atoms with Gasteiger partial charge in [-0.1, -0.05) is 0 Å². The highest BCUT2D eigenvalue weighted by atomic mass is 16.5. The van der Waals surface area contributed by atoms with Crippen LogP contribution in [0.2, 0.25) is 0 Å². The van der Waals surface area contributed by atoms with Crippen LogP contribution in [0.25, 0.3) is 22.4 Å². The Labute approximate surface area is 198 Å². The van der Waals surface area contributed by atoms with Crippen LogP contribution in [-0.4, -0.2) is 84.1 Å². The van der Waals surface area contributed by atoms with Gasteiger partial charge in [0.1, 0.15) is 5.82 Å². The zero-order valence-corrected chi connectivity index (χ0v) is 19.7. The molecule has 2 saturated heterocycles. The Hall–Kier alpha value is -3.08. The molecule has 1 N–H and O–H groups in total. The first-order valence-corrected chi connectivity index (χ1v) is 11.8. The molecule has 34 heavy (non-hydrogen) atoms. The van der Waals surface area contributed by atoms with Crippen LogP contribution in [0.5, 0.6) is 0 Å². The second kappa shape index (κ2) is 10.0. The van der Waals surface area contributed by atoms with E-state index in [9.17, 15) is 4.79 Å². The van der Waals surface area contributed by atoms with Gasteiger partial charge in [0.05, 0.1) is 31.3 Å². The molecule has 2 aromatic heterocycles. The standard InChI is InChI=1S/C24H31N7O3/c1-29(2)16-20(32)26-18-8-6-17(7-9-18)22-27-23(30-10-13-33-14-11-30)19-15-25-31(24(19)28-22)21-5-3-4-12-34-21/h6-9,15,21H,3-5,10-14,16H2,1-2H3,(H,26,32). The molecule has 2 aliphatic heterocycles. The van der Waals surface area contributed by atoms with Crippen LogP contribution < -0.4 is 10.2 Å². The zero-order chi connectivity index (χ0) is 23.5. The molecule has 4 heterocycles. The fourth-order valence-electron chi connectivity index (χ4n) is 4.37. The summed E-state index contributed by atoms with van der Waals surface area (Å²) >= 11 is 0. The lowest BCUT2D eigenvalue weighted by molar-refractivity contribution is -0.116. The van der Waals surface area contributed by atoms with E-state index < -0.39 is 0 Å². The second-order valence-corrected chi connectivity index (χ2v) is 8.98. The largest absolute Gasteiger partial charge is 0.378 e. The Kier molecular flexibility index (Phi) is 6.70. The number of aromatic nitrogens is 4. The topological polar surface area (TPSA) is 97.6 Å². The lowest BCUT2D eigenvalue weighted by atomic mass is 10.1. The van der Waals surface area contributed by atoms with Gasteiger partial charge >= 0.3 is 0 Å². The van der Waals surface area contributed by atoms with Crippen molar-refractivity contribution in [3.8, 4) is 11.4 Å². The highest BCUT2D eigenvalue weighted by molar-refractivity contribution is 5.92. The van der Waals surface area contributed by atoms with Crippen molar-refractivity contribution >= 4 is 28.4 Å². The van der Waals surface area contributed by atoms with E-state index in [1.165, 1.54) is 0 Å². The van der Waals surface area contributed by atoms with Crippen LogP contribution in [0.15, 0.2) is 30.5 Å². The molecule has 10 nitrogen and oxygen atoms in total. The third-order valence-corrected chi connectivity index (χ3v) is 6.06. The van der Waals surface area contributed by atoms with Gasteiger partial charge in [0.25, 0.3) is 0 Å². The number of ether oxygens (including phenoxy) is 2. The first kappa shape index (κ1) is 22.7. The number of fused-ring (bicyclic) bond motifs is 1. The number of amides is 1. The normalized spacial score (nSPS) is 19.0. The Morgan fingerprint density at radius 2 is 1.91 bits per heavy atom. The van der Waals surface area contributed by atoms with Crippen molar-refractivity contribution in [3.63, 3.8) is 0 Å². The molecule has 10 heteroatoms. The van der Waals surface area contributed by atoms with Crippen molar-refractivity contribution in [2.45, 2.75) is 25.5 Å². The summed E-state index contributed by atoms with van der Waals surface area (Å²) in [5.41, 5.74) is 2.40. The molecule has 1 aromatic carbocycles. The van der Waals surface area contributed by atoms with Gasteiger partial charge in [-0.15, -0.1) is 0 Å². The summed E-state index contributed by atoms with van der Waals surface area (Å²) in [6.07, 6.45) is 4.85. The number of hydrogen-bond acceptors (Lipinski definition) is 8. The van der Waals surface area contributed by atoms with Gasteiger partial charge in [-0.05, 0) is 57.6 Å². The van der Waals surface area contributed by atoms with E-state index >= 15 is 0 Å². The Morgan fingerprint density at radius 3 is 2.62 bits per heavy atom. The SMILES string of the molecule is CN(C)CC(=O)Nc1ccc(-c2nc(N3CCOCC3)c3cnn(C4CCCCO4)c3n2)cc1. The third-order valence-electron chi connectivity index (χ3n) is 6.06. The highest BCUT2D eigenvalue weighted by Crippen LogP contribution is 2.32. The molecule has 2 aliphatic rings. The van der Waals surface area contributed by atoms with E-state index in [1.54, 1.807) is 0 Å². The van der Waals surface area contributed by atoms with Crippen molar-refractivity contribution in [2.75, 3.05) is 63.8 Å². The van der Waals surface area contributed by atoms with E-state index in [1.807, 2.05) is 54.1 Å². The van der Waals surface area contributed by atoms with Crippen LogP contribution >= 0.6 is 0 Å². The molecule has 0 bridgehead atoms. The number of anilines is 2. The molecule has 3 aromatic rings. The quantitative estimate of drug-likeness (QED) is 0.593. The Morgan fingerprint density at radius 1 is 1.12 bits per heavy atom. The molecular formula is C24H31N7O3. The van der Waals surface area contributed by atoms with E-state index in [4.69, 9.17) is 19.4 Å². The van der Waals surface area contributed by atoms with Crippen molar-refractivity contribution in [1.29, 1.82) is 0 Å². The first-order valence-electron chi connectivity index (χ1n) is 11.8. The van der Waals surface area contributed by atoms with Gasteiger partial charge in [-0.25, -0.2) is 14.6 Å². The molecule has 1 amide bonds. The number of benzene rings is 1. The average molecular weight is 466 g/mol. The van der Waals surface area contributed by atoms with Gasteiger partial charge in [-0.2, -0.15) is 5.10 Å². The number of hydrogen-bond donors (Lipinski definition) is 1. The summed E-state index contributed by atoms with van der Waals surface area (Å²) in [7, 11) is 3.73. The van der Waals surface area contributed by atoms with E-state index in [0.717, 1.165) is 67.1 Å². The minimum atomic E-state index is -0.110. The monoisotopic (exact) mass is 465 g/mol. The predicted molar refractivity (Wildman–Crippen MR) is 130 cm³/mol. The third kappa shape index (κ3) is 4.89. The summed E-state index contributed by atoms with van der Waals surface area (Å²) in [6.45, 7) is 3.95. The number of rotatable bonds is 6. The van der Waals surface area contributed by atoms with Crippen LogP contribution in [0.1, 0.15) is 25.5 Å². The van der Waals surface area contributed by atoms with Gasteiger partial charge in [0, 0.05) is 30.9 Å². The van der Waals surface area contributed by atoms with Crippen molar-refractivity contribution < 1.29 is 14.3 Å². The summed E-state index contributed by atoms with van der Waals surface area (Å²) < 4.78 is 13.5. The number of nitrogens with zero attached hydrogens (tertiary/aromatic N) is 6. The van der Waals surface area contributed by atoms with Crippen molar-refractivity contribution in [1.82, 2.24) is 24.6 Å². The molecule has 0 spiro atoms. The molecule has 0 saturated carbocycles. The molecule has 0 radical (unpaired) electrons. The second-order valence-electron chi connectivity index (χ2n) is 8.98. The summed E-state index contributed by atoms with van der Waals surface area (Å²) in [4.78, 5) is 26.0. The fraction of sp³-hybridized carbons (Fsp3) is 0.500. The van der Waals surface area contributed by atoms with Gasteiger partial charge in [-0.3, -0.25) is 4.79 Å². The maximum absolute atomic E-state index is 12.1. The van der Waals surface area contributed by atoms with E-state index in [0.29, 0.717) is 25.6 Å². The molecule has 1 unspecified atom stereocenters. The maximum Gasteiger partial charge on any atom is 0.238 e. The van der Waals surface area contributed by atoms with E-state index in [-0.39, 0.29) is 12.1 Å². The smallest absolute Gasteiger partial charge is 0.238 e. The number of nitrogens with one attached hydrogen (secondary N) is 1. The summed E-state index contributed by atoms with van der Waals surface area (Å²) in [5, 5.41) is 8.50. The minimum Gasteiger partial charge on any atom is -0.378 e. The molecule has 2 fully saturated rings. The van der Waals surface area contributed by atoms with Gasteiger partial charge < -0.3 is 24.6 Å². The van der Waals surface area contributed by atoms with E-state index in [2.05, 4.69) is 15.3 Å². The zero-order valence-electron chi connectivity index (χ0n) is 19.7. The average Bonchev–Trinajstić information content (AvgIpc) is 3.28. The lowest BCUT2D eigenvalue weighted by Gasteiger charge is -2.28. The number of morpholine rings is 1. The fourth-order valence-corrected chi connectivity index (χ4v) is 4.37. The van der Waals surface area contributed by atoms with Crippen LogP contribution in [0, 0.1) is 0 Å².